The number of fused-ring (bicyclic) bond motifs is 1. The lowest BCUT2D eigenvalue weighted by atomic mass is 10.2. The van der Waals surface area contributed by atoms with E-state index in [9.17, 15) is 9.59 Å². The van der Waals surface area contributed by atoms with Crippen molar-refractivity contribution in [3.63, 3.8) is 0 Å². The van der Waals surface area contributed by atoms with Crippen LogP contribution in [0.2, 0.25) is 0 Å². The molecule has 142 valence electrons. The zero-order chi connectivity index (χ0) is 19.4. The summed E-state index contributed by atoms with van der Waals surface area (Å²) < 4.78 is 6.91. The van der Waals surface area contributed by atoms with Gasteiger partial charge in [0.2, 0.25) is 0 Å². The fourth-order valence-electron chi connectivity index (χ4n) is 2.99. The van der Waals surface area contributed by atoms with Crippen molar-refractivity contribution in [2.75, 3.05) is 12.4 Å². The Bertz CT molecular complexity index is 1020. The molecule has 0 aliphatic heterocycles. The minimum atomic E-state index is -0.267. The maximum atomic E-state index is 12.8. The molecule has 1 amide bonds. The minimum Gasteiger partial charge on any atom is -0.495 e. The normalized spacial score (nSPS) is 10.9. The number of nitrogens with zero attached hydrogens (tertiary/aromatic N) is 2. The third-order valence-electron chi connectivity index (χ3n) is 4.48. The summed E-state index contributed by atoms with van der Waals surface area (Å²) in [5, 5.41) is 3.40. The molecule has 0 atom stereocenters. The van der Waals surface area contributed by atoms with Gasteiger partial charge in [-0.2, -0.15) is 0 Å². The number of para-hydroxylation sites is 2. The summed E-state index contributed by atoms with van der Waals surface area (Å²) in [4.78, 5) is 31.1. The van der Waals surface area contributed by atoms with Gasteiger partial charge in [0.15, 0.2) is 0 Å². The Balaban J connectivity index is 1.93. The summed E-state index contributed by atoms with van der Waals surface area (Å²) in [5.74, 6) is 0.318. The lowest BCUT2D eigenvalue weighted by molar-refractivity contribution is 0.102. The number of rotatable bonds is 7. The summed E-state index contributed by atoms with van der Waals surface area (Å²) in [5.41, 5.74) is 1.18. The van der Waals surface area contributed by atoms with Crippen LogP contribution in [0.25, 0.3) is 10.2 Å². The van der Waals surface area contributed by atoms with Crippen LogP contribution in [-0.2, 0) is 6.54 Å². The highest BCUT2D eigenvalue weighted by molar-refractivity contribution is 7.20. The van der Waals surface area contributed by atoms with E-state index in [1.165, 1.54) is 11.3 Å². The van der Waals surface area contributed by atoms with E-state index in [2.05, 4.69) is 17.2 Å². The molecular weight excluding hydrogens is 362 g/mol. The topological polar surface area (TPSA) is 73.2 Å². The number of aryl methyl sites for hydroxylation is 2. The standard InChI is InChI=1S/C20H23N3O3S/c1-4-5-8-11-23-12-21-19-16(20(23)25)13(2)17(27-19)18(24)22-14-9-6-7-10-15(14)26-3/h6-7,9-10,12H,4-5,8,11H2,1-3H3,(H,22,24). The maximum absolute atomic E-state index is 12.8. The molecule has 0 unspecified atom stereocenters. The maximum Gasteiger partial charge on any atom is 0.266 e. The van der Waals surface area contributed by atoms with Gasteiger partial charge in [0.25, 0.3) is 11.5 Å². The number of unbranched alkanes of at least 4 members (excludes halogenated alkanes) is 2. The Hall–Kier alpha value is -2.67. The summed E-state index contributed by atoms with van der Waals surface area (Å²) in [6.07, 6.45) is 4.68. The Labute approximate surface area is 161 Å². The van der Waals surface area contributed by atoms with Gasteiger partial charge in [-0.05, 0) is 31.0 Å². The molecule has 1 aromatic carbocycles. The molecule has 2 heterocycles. The number of hydrogen-bond acceptors (Lipinski definition) is 5. The third-order valence-corrected chi connectivity index (χ3v) is 5.68. The lowest BCUT2D eigenvalue weighted by Crippen LogP contribution is -2.20. The Morgan fingerprint density at radius 1 is 1.30 bits per heavy atom. The Morgan fingerprint density at radius 3 is 2.81 bits per heavy atom. The van der Waals surface area contributed by atoms with Gasteiger partial charge in [-0.1, -0.05) is 31.9 Å². The first-order valence-electron chi connectivity index (χ1n) is 8.99. The molecule has 3 rings (SSSR count). The molecular formula is C20H23N3O3S. The van der Waals surface area contributed by atoms with Crippen LogP contribution < -0.4 is 15.6 Å². The van der Waals surface area contributed by atoms with Crippen molar-refractivity contribution < 1.29 is 9.53 Å². The van der Waals surface area contributed by atoms with Crippen LogP contribution in [0.5, 0.6) is 5.75 Å². The van der Waals surface area contributed by atoms with Crippen molar-refractivity contribution in [2.24, 2.45) is 0 Å². The first kappa shape index (κ1) is 19.1. The SMILES string of the molecule is CCCCCn1cnc2sc(C(=O)Nc3ccccc3OC)c(C)c2c1=O. The Kier molecular flexibility index (Phi) is 5.91. The lowest BCUT2D eigenvalue weighted by Gasteiger charge is -2.09. The number of aromatic nitrogens is 2. The molecule has 27 heavy (non-hydrogen) atoms. The van der Waals surface area contributed by atoms with Gasteiger partial charge in [-0.25, -0.2) is 4.98 Å². The third kappa shape index (κ3) is 3.88. The van der Waals surface area contributed by atoms with Crippen molar-refractivity contribution in [1.82, 2.24) is 9.55 Å². The second-order valence-corrected chi connectivity index (χ2v) is 7.34. The number of thiophene rings is 1. The van der Waals surface area contributed by atoms with Crippen molar-refractivity contribution in [3.8, 4) is 5.75 Å². The smallest absolute Gasteiger partial charge is 0.266 e. The summed E-state index contributed by atoms with van der Waals surface area (Å²) in [7, 11) is 1.56. The Morgan fingerprint density at radius 2 is 2.07 bits per heavy atom. The van der Waals surface area contributed by atoms with Gasteiger partial charge < -0.3 is 10.1 Å². The van der Waals surface area contributed by atoms with E-state index in [-0.39, 0.29) is 11.5 Å². The fraction of sp³-hybridized carbons (Fsp3) is 0.350. The molecule has 6 nitrogen and oxygen atoms in total. The zero-order valence-corrected chi connectivity index (χ0v) is 16.6. The van der Waals surface area contributed by atoms with Crippen LogP contribution in [0.1, 0.15) is 41.4 Å². The van der Waals surface area contributed by atoms with Gasteiger partial charge in [0.05, 0.1) is 29.4 Å². The largest absolute Gasteiger partial charge is 0.495 e. The van der Waals surface area contributed by atoms with Crippen molar-refractivity contribution in [1.29, 1.82) is 0 Å². The predicted molar refractivity (Wildman–Crippen MR) is 109 cm³/mol. The fourth-order valence-corrected chi connectivity index (χ4v) is 4.03. The van der Waals surface area contributed by atoms with Crippen LogP contribution in [0.3, 0.4) is 0 Å². The second-order valence-electron chi connectivity index (χ2n) is 6.34. The van der Waals surface area contributed by atoms with Crippen molar-refractivity contribution in [2.45, 2.75) is 39.7 Å². The average Bonchev–Trinajstić information content (AvgIpc) is 3.01. The summed E-state index contributed by atoms with van der Waals surface area (Å²) in [6.45, 7) is 4.57. The van der Waals surface area contributed by atoms with E-state index >= 15 is 0 Å². The molecule has 0 aliphatic rings. The minimum absolute atomic E-state index is 0.0822. The predicted octanol–water partition coefficient (Wildman–Crippen LogP) is 4.22. The number of carbonyl (C=O) groups is 1. The van der Waals surface area contributed by atoms with Gasteiger partial charge >= 0.3 is 0 Å². The molecule has 1 N–H and O–H groups in total. The molecule has 0 fully saturated rings. The number of hydrogen-bond donors (Lipinski definition) is 1. The van der Waals surface area contributed by atoms with E-state index in [1.807, 2.05) is 12.1 Å². The molecule has 0 saturated carbocycles. The number of benzene rings is 1. The van der Waals surface area contributed by atoms with Gasteiger partial charge in [-0.15, -0.1) is 11.3 Å². The number of carbonyl (C=O) groups excluding carboxylic acids is 1. The van der Waals surface area contributed by atoms with Gasteiger partial charge in [0.1, 0.15) is 10.6 Å². The van der Waals surface area contributed by atoms with E-state index in [4.69, 9.17) is 4.74 Å². The molecule has 0 aliphatic carbocycles. The van der Waals surface area contributed by atoms with E-state index in [1.54, 1.807) is 37.1 Å². The highest BCUT2D eigenvalue weighted by atomic mass is 32.1. The van der Waals surface area contributed by atoms with Gasteiger partial charge in [-0.3, -0.25) is 14.2 Å². The number of ether oxygens (including phenoxy) is 1. The summed E-state index contributed by atoms with van der Waals surface area (Å²) in [6, 6.07) is 7.22. The van der Waals surface area contributed by atoms with Crippen LogP contribution >= 0.6 is 11.3 Å². The summed E-state index contributed by atoms with van der Waals surface area (Å²) >= 11 is 1.24. The quantitative estimate of drug-likeness (QED) is 0.618. The van der Waals surface area contributed by atoms with E-state index in [0.29, 0.717) is 38.6 Å². The first-order chi connectivity index (χ1) is 13.1. The molecule has 0 spiro atoms. The molecule has 0 saturated heterocycles. The van der Waals surface area contributed by atoms with Gasteiger partial charge in [0, 0.05) is 6.54 Å². The van der Waals surface area contributed by atoms with Crippen LogP contribution in [0.15, 0.2) is 35.4 Å². The second kappa shape index (κ2) is 8.35. The molecule has 2 aromatic heterocycles. The van der Waals surface area contributed by atoms with E-state index < -0.39 is 0 Å². The van der Waals surface area contributed by atoms with Crippen molar-refractivity contribution in [3.05, 3.63) is 51.4 Å². The van der Waals surface area contributed by atoms with Crippen LogP contribution in [-0.4, -0.2) is 22.6 Å². The number of anilines is 1. The van der Waals surface area contributed by atoms with Crippen LogP contribution in [0.4, 0.5) is 5.69 Å². The number of nitrogens with one attached hydrogen (secondary N) is 1. The molecule has 0 radical (unpaired) electrons. The zero-order valence-electron chi connectivity index (χ0n) is 15.7. The van der Waals surface area contributed by atoms with Crippen molar-refractivity contribution >= 4 is 33.1 Å². The molecule has 0 bridgehead atoms. The number of methoxy groups -OCH3 is 1. The molecule has 7 heteroatoms. The molecule has 3 aromatic rings. The highest BCUT2D eigenvalue weighted by Gasteiger charge is 2.20. The number of amides is 1. The monoisotopic (exact) mass is 385 g/mol. The van der Waals surface area contributed by atoms with E-state index in [0.717, 1.165) is 19.3 Å². The average molecular weight is 385 g/mol. The van der Waals surface area contributed by atoms with Crippen LogP contribution in [0, 0.1) is 6.92 Å². The highest BCUT2D eigenvalue weighted by Crippen LogP contribution is 2.29. The first-order valence-corrected chi connectivity index (χ1v) is 9.81.